The fourth-order valence-corrected chi connectivity index (χ4v) is 3.74. The predicted molar refractivity (Wildman–Crippen MR) is 101 cm³/mol. The number of thiazole rings is 1. The van der Waals surface area contributed by atoms with E-state index >= 15 is 0 Å². The molecule has 1 aromatic carbocycles. The molecule has 2 N–H and O–H groups in total. The lowest BCUT2D eigenvalue weighted by atomic mass is 10.0. The predicted octanol–water partition coefficient (Wildman–Crippen LogP) is 4.21. The number of nitrogens with one attached hydrogen (secondary N) is 1. The van der Waals surface area contributed by atoms with Gasteiger partial charge in [0.05, 0.1) is 11.3 Å². The highest BCUT2D eigenvalue weighted by atomic mass is 32.1. The Hall–Kier alpha value is -1.92. The topological polar surface area (TPSA) is 65.5 Å². The molecule has 134 valence electrons. The van der Waals surface area contributed by atoms with Gasteiger partial charge in [0, 0.05) is 11.9 Å². The molecular weight excluding hydrogens is 334 g/mol. The van der Waals surface area contributed by atoms with E-state index in [0.29, 0.717) is 11.0 Å². The highest BCUT2D eigenvalue weighted by molar-refractivity contribution is 7.14. The zero-order valence-electron chi connectivity index (χ0n) is 14.8. The second kappa shape index (κ2) is 7.97. The van der Waals surface area contributed by atoms with Gasteiger partial charge in [-0.25, -0.2) is 4.98 Å². The van der Waals surface area contributed by atoms with Gasteiger partial charge in [0.1, 0.15) is 5.75 Å². The van der Waals surface area contributed by atoms with E-state index in [1.807, 2.05) is 25.3 Å². The average Bonchev–Trinajstić information content (AvgIpc) is 3.02. The molecule has 1 amide bonds. The van der Waals surface area contributed by atoms with E-state index in [1.54, 1.807) is 12.1 Å². The normalized spacial score (nSPS) is 15.5. The number of carbonyl (C=O) groups excluding carboxylic acids is 1. The Labute approximate surface area is 152 Å². The summed E-state index contributed by atoms with van der Waals surface area (Å²) in [6, 6.07) is 5.20. The average molecular weight is 359 g/mol. The maximum atomic E-state index is 12.4. The maximum Gasteiger partial charge on any atom is 0.261 e. The third-order valence-electron chi connectivity index (χ3n) is 4.54. The number of hydrogen-bond donors (Lipinski definition) is 2. The molecular formula is C19H25N3O2S. The molecule has 1 aromatic heterocycles. The Balaban J connectivity index is 1.63. The summed E-state index contributed by atoms with van der Waals surface area (Å²) in [7, 11) is 0. The smallest absolute Gasteiger partial charge is 0.261 e. The first kappa shape index (κ1) is 17.9. The van der Waals surface area contributed by atoms with Crippen LogP contribution < -0.4 is 5.32 Å². The molecule has 1 aliphatic heterocycles. The minimum absolute atomic E-state index is 0.00814. The minimum atomic E-state index is -0.327. The molecule has 0 saturated carbocycles. The van der Waals surface area contributed by atoms with Crippen molar-refractivity contribution in [3.8, 4) is 5.75 Å². The van der Waals surface area contributed by atoms with Gasteiger partial charge in [-0.05, 0) is 49.5 Å². The molecule has 0 aliphatic carbocycles. The van der Waals surface area contributed by atoms with Crippen molar-refractivity contribution in [3.63, 3.8) is 0 Å². The van der Waals surface area contributed by atoms with Crippen molar-refractivity contribution in [2.45, 2.75) is 45.6 Å². The molecule has 0 radical (unpaired) electrons. The highest BCUT2D eigenvalue weighted by Crippen LogP contribution is 2.25. The second-order valence-electron chi connectivity index (χ2n) is 6.87. The quantitative estimate of drug-likeness (QED) is 0.839. The van der Waals surface area contributed by atoms with Gasteiger partial charge in [-0.15, -0.1) is 11.3 Å². The minimum Gasteiger partial charge on any atom is -0.507 e. The Morgan fingerprint density at radius 2 is 2.08 bits per heavy atom. The van der Waals surface area contributed by atoms with Gasteiger partial charge < -0.3 is 5.11 Å². The van der Waals surface area contributed by atoms with Crippen LogP contribution in [0.15, 0.2) is 23.6 Å². The number of nitrogens with zero attached hydrogens (tertiary/aromatic N) is 2. The van der Waals surface area contributed by atoms with E-state index in [1.165, 1.54) is 30.6 Å². The fourth-order valence-electron chi connectivity index (χ4n) is 3.05. The van der Waals surface area contributed by atoms with E-state index < -0.39 is 0 Å². The van der Waals surface area contributed by atoms with Crippen molar-refractivity contribution >= 4 is 22.4 Å². The van der Waals surface area contributed by atoms with Crippen molar-refractivity contribution < 1.29 is 9.90 Å². The number of amides is 1. The summed E-state index contributed by atoms with van der Waals surface area (Å²) in [5, 5.41) is 15.5. The second-order valence-corrected chi connectivity index (χ2v) is 7.72. The fraction of sp³-hybridized carbons (Fsp3) is 0.474. The van der Waals surface area contributed by atoms with Crippen LogP contribution in [0.4, 0.5) is 5.13 Å². The largest absolute Gasteiger partial charge is 0.507 e. The van der Waals surface area contributed by atoms with Crippen molar-refractivity contribution in [3.05, 3.63) is 40.4 Å². The lowest BCUT2D eigenvalue weighted by Crippen LogP contribution is -2.29. The van der Waals surface area contributed by atoms with E-state index in [0.717, 1.165) is 30.9 Å². The van der Waals surface area contributed by atoms with Crippen molar-refractivity contribution in [2.75, 3.05) is 18.4 Å². The molecule has 2 heterocycles. The number of anilines is 1. The Morgan fingerprint density at radius 3 is 2.76 bits per heavy atom. The third-order valence-corrected chi connectivity index (χ3v) is 5.35. The monoisotopic (exact) mass is 359 g/mol. The molecule has 0 spiro atoms. The Morgan fingerprint density at radius 1 is 1.32 bits per heavy atom. The highest BCUT2D eigenvalue weighted by Gasteiger charge is 2.16. The van der Waals surface area contributed by atoms with E-state index in [2.05, 4.69) is 15.2 Å². The number of benzene rings is 1. The van der Waals surface area contributed by atoms with Crippen LogP contribution in [0.5, 0.6) is 5.75 Å². The summed E-state index contributed by atoms with van der Waals surface area (Å²) in [6.07, 6.45) is 3.81. The van der Waals surface area contributed by atoms with E-state index in [4.69, 9.17) is 0 Å². The first-order chi connectivity index (χ1) is 12.0. The van der Waals surface area contributed by atoms with Gasteiger partial charge in [0.25, 0.3) is 5.91 Å². The first-order valence-corrected chi connectivity index (χ1v) is 9.72. The zero-order chi connectivity index (χ0) is 17.8. The van der Waals surface area contributed by atoms with Crippen LogP contribution in [0.25, 0.3) is 0 Å². The molecule has 0 bridgehead atoms. The van der Waals surface area contributed by atoms with Gasteiger partial charge in [-0.2, -0.15) is 0 Å². The van der Waals surface area contributed by atoms with Crippen LogP contribution in [0.2, 0.25) is 0 Å². The molecule has 1 fully saturated rings. The van der Waals surface area contributed by atoms with Crippen LogP contribution in [0.1, 0.15) is 60.6 Å². The standard InChI is InChI=1S/C19H25N3O2S/c1-13(2)14-6-7-16(17(23)10-14)18(24)21-19-20-15(12-25-19)11-22-8-4-3-5-9-22/h6-7,10,12-13,23H,3-5,8-9,11H2,1-2H3,(H,20,21,24). The van der Waals surface area contributed by atoms with Crippen LogP contribution in [0, 0.1) is 0 Å². The van der Waals surface area contributed by atoms with Gasteiger partial charge in [0.15, 0.2) is 5.13 Å². The summed E-state index contributed by atoms with van der Waals surface area (Å²) in [4.78, 5) is 19.3. The molecule has 1 saturated heterocycles. The van der Waals surface area contributed by atoms with Crippen LogP contribution >= 0.6 is 11.3 Å². The third kappa shape index (κ3) is 4.58. The van der Waals surface area contributed by atoms with Gasteiger partial charge in [-0.1, -0.05) is 26.3 Å². The maximum absolute atomic E-state index is 12.4. The van der Waals surface area contributed by atoms with E-state index in [9.17, 15) is 9.90 Å². The molecule has 0 atom stereocenters. The lowest BCUT2D eigenvalue weighted by Gasteiger charge is -2.25. The number of likely N-dealkylation sites (tertiary alicyclic amines) is 1. The zero-order valence-corrected chi connectivity index (χ0v) is 15.6. The number of aromatic hydroxyl groups is 1. The Kier molecular flexibility index (Phi) is 5.71. The van der Waals surface area contributed by atoms with Gasteiger partial charge in [-0.3, -0.25) is 15.0 Å². The van der Waals surface area contributed by atoms with Crippen molar-refractivity contribution in [2.24, 2.45) is 0 Å². The molecule has 2 aromatic rings. The summed E-state index contributed by atoms with van der Waals surface area (Å²) in [5.74, 6) is -0.0141. The molecule has 5 nitrogen and oxygen atoms in total. The molecule has 25 heavy (non-hydrogen) atoms. The first-order valence-electron chi connectivity index (χ1n) is 8.84. The molecule has 1 aliphatic rings. The SMILES string of the molecule is CC(C)c1ccc(C(=O)Nc2nc(CN3CCCCC3)cs2)c(O)c1. The van der Waals surface area contributed by atoms with Gasteiger partial charge in [0.2, 0.25) is 0 Å². The van der Waals surface area contributed by atoms with Crippen LogP contribution in [0.3, 0.4) is 0 Å². The number of phenols is 1. The Bertz CT molecular complexity index is 736. The number of phenolic OH excluding ortho intramolecular Hbond substituents is 1. The number of piperidine rings is 1. The summed E-state index contributed by atoms with van der Waals surface area (Å²) < 4.78 is 0. The van der Waals surface area contributed by atoms with Crippen molar-refractivity contribution in [1.29, 1.82) is 0 Å². The van der Waals surface area contributed by atoms with Crippen molar-refractivity contribution in [1.82, 2.24) is 9.88 Å². The molecule has 6 heteroatoms. The summed E-state index contributed by atoms with van der Waals surface area (Å²) in [5.41, 5.74) is 2.27. The summed E-state index contributed by atoms with van der Waals surface area (Å²) >= 11 is 1.42. The molecule has 3 rings (SSSR count). The molecule has 0 unspecified atom stereocenters. The van der Waals surface area contributed by atoms with Crippen LogP contribution in [-0.4, -0.2) is 34.0 Å². The number of rotatable bonds is 5. The lowest BCUT2D eigenvalue weighted by molar-refractivity contribution is 0.102. The number of hydrogen-bond acceptors (Lipinski definition) is 5. The number of aromatic nitrogens is 1. The van der Waals surface area contributed by atoms with Crippen LogP contribution in [-0.2, 0) is 6.54 Å². The number of carbonyl (C=O) groups is 1. The van der Waals surface area contributed by atoms with Gasteiger partial charge >= 0.3 is 0 Å². The summed E-state index contributed by atoms with van der Waals surface area (Å²) in [6.45, 7) is 7.17. The van der Waals surface area contributed by atoms with E-state index in [-0.39, 0.29) is 17.2 Å².